The van der Waals surface area contributed by atoms with Gasteiger partial charge in [-0.2, -0.15) is 0 Å². The molecule has 0 aliphatic carbocycles. The monoisotopic (exact) mass is 384 g/mol. The predicted octanol–water partition coefficient (Wildman–Crippen LogP) is 4.88. The number of amides is 2. The van der Waals surface area contributed by atoms with Gasteiger partial charge in [0.2, 0.25) is 0 Å². The number of hydrogen-bond donors (Lipinski definition) is 2. The second-order valence-electron chi connectivity index (χ2n) is 8.02. The Bertz CT molecular complexity index is 797. The molecular formula is C23H32N2O3. The van der Waals surface area contributed by atoms with E-state index in [0.29, 0.717) is 13.2 Å². The smallest absolute Gasteiger partial charge is 0.315 e. The number of urea groups is 1. The largest absolute Gasteiger partial charge is 0.496 e. The van der Waals surface area contributed by atoms with Crippen molar-refractivity contribution in [3.8, 4) is 5.75 Å². The zero-order chi connectivity index (χ0) is 20.7. The van der Waals surface area contributed by atoms with E-state index in [-0.39, 0.29) is 17.7 Å². The van der Waals surface area contributed by atoms with Crippen LogP contribution in [0, 0.1) is 6.92 Å². The molecule has 5 nitrogen and oxygen atoms in total. The average molecular weight is 385 g/mol. The maximum atomic E-state index is 12.3. The van der Waals surface area contributed by atoms with Crippen LogP contribution in [0.4, 0.5) is 4.79 Å². The van der Waals surface area contributed by atoms with Crippen molar-refractivity contribution in [3.63, 3.8) is 0 Å². The van der Waals surface area contributed by atoms with Crippen molar-refractivity contribution in [2.75, 3.05) is 7.11 Å². The molecule has 2 amide bonds. The van der Waals surface area contributed by atoms with E-state index in [1.165, 1.54) is 0 Å². The van der Waals surface area contributed by atoms with Gasteiger partial charge >= 0.3 is 6.03 Å². The highest BCUT2D eigenvalue weighted by Crippen LogP contribution is 2.26. The van der Waals surface area contributed by atoms with E-state index < -0.39 is 0 Å². The third-order valence-electron chi connectivity index (χ3n) is 4.32. The van der Waals surface area contributed by atoms with Gasteiger partial charge < -0.3 is 20.1 Å². The topological polar surface area (TPSA) is 59.6 Å². The maximum Gasteiger partial charge on any atom is 0.315 e. The van der Waals surface area contributed by atoms with Crippen molar-refractivity contribution in [1.29, 1.82) is 0 Å². The molecular weight excluding hydrogens is 352 g/mol. The van der Waals surface area contributed by atoms with E-state index in [1.807, 2.05) is 71.0 Å². The normalized spacial score (nSPS) is 12.4. The first kappa shape index (κ1) is 21.8. The molecule has 0 spiro atoms. The Kier molecular flexibility index (Phi) is 7.46. The Labute approximate surface area is 168 Å². The first-order chi connectivity index (χ1) is 13.2. The van der Waals surface area contributed by atoms with Gasteiger partial charge in [0.05, 0.1) is 25.4 Å². The van der Waals surface area contributed by atoms with Crippen LogP contribution in [0.2, 0.25) is 0 Å². The highest BCUT2D eigenvalue weighted by molar-refractivity contribution is 5.74. The van der Waals surface area contributed by atoms with E-state index in [4.69, 9.17) is 9.47 Å². The fourth-order valence-corrected chi connectivity index (χ4v) is 2.83. The molecule has 0 saturated heterocycles. The van der Waals surface area contributed by atoms with E-state index in [2.05, 4.69) is 16.7 Å². The Morgan fingerprint density at radius 3 is 2.50 bits per heavy atom. The standard InChI is InChI=1S/C23H32N2O3/c1-16-10-11-21(27-6)20(12-16)17(2)25-22(26)24-14-18-8-7-9-19(13-18)15-28-23(3,4)5/h7-13,17H,14-15H2,1-6H3,(H2,24,25,26). The lowest BCUT2D eigenvalue weighted by atomic mass is 10.0. The minimum atomic E-state index is -0.215. The lowest BCUT2D eigenvalue weighted by Crippen LogP contribution is -2.36. The van der Waals surface area contributed by atoms with Crippen LogP contribution >= 0.6 is 0 Å². The van der Waals surface area contributed by atoms with Crippen molar-refractivity contribution < 1.29 is 14.3 Å². The number of hydrogen-bond acceptors (Lipinski definition) is 3. The number of carbonyl (C=O) groups is 1. The second-order valence-corrected chi connectivity index (χ2v) is 8.02. The van der Waals surface area contributed by atoms with Crippen molar-refractivity contribution in [1.82, 2.24) is 10.6 Å². The number of carbonyl (C=O) groups excluding carboxylic acids is 1. The summed E-state index contributed by atoms with van der Waals surface area (Å²) in [6.07, 6.45) is 0. The molecule has 2 aromatic rings. The Morgan fingerprint density at radius 2 is 1.82 bits per heavy atom. The van der Waals surface area contributed by atoms with E-state index >= 15 is 0 Å². The molecule has 0 saturated carbocycles. The first-order valence-electron chi connectivity index (χ1n) is 9.58. The minimum Gasteiger partial charge on any atom is -0.496 e. The van der Waals surface area contributed by atoms with Gasteiger partial charge in [0.1, 0.15) is 5.75 Å². The number of aryl methyl sites for hydroxylation is 1. The van der Waals surface area contributed by atoms with Crippen LogP contribution in [0.5, 0.6) is 5.75 Å². The molecule has 0 fully saturated rings. The molecule has 0 radical (unpaired) electrons. The van der Waals surface area contributed by atoms with Crippen LogP contribution < -0.4 is 15.4 Å². The summed E-state index contributed by atoms with van der Waals surface area (Å²) in [4.78, 5) is 12.3. The molecule has 0 aliphatic rings. The zero-order valence-corrected chi connectivity index (χ0v) is 17.8. The molecule has 0 aliphatic heterocycles. The maximum absolute atomic E-state index is 12.3. The van der Waals surface area contributed by atoms with Crippen LogP contribution in [0.1, 0.15) is 56.0 Å². The molecule has 5 heteroatoms. The van der Waals surface area contributed by atoms with Crippen LogP contribution in [-0.4, -0.2) is 18.7 Å². The Hall–Kier alpha value is -2.53. The molecule has 28 heavy (non-hydrogen) atoms. The summed E-state index contributed by atoms with van der Waals surface area (Å²) in [5.41, 5.74) is 4.03. The molecule has 0 heterocycles. The predicted molar refractivity (Wildman–Crippen MR) is 113 cm³/mol. The van der Waals surface area contributed by atoms with E-state index in [0.717, 1.165) is 28.0 Å². The highest BCUT2D eigenvalue weighted by Gasteiger charge is 2.14. The van der Waals surface area contributed by atoms with Crippen molar-refractivity contribution >= 4 is 6.03 Å². The quantitative estimate of drug-likeness (QED) is 0.715. The molecule has 0 aromatic heterocycles. The van der Waals surface area contributed by atoms with Gasteiger partial charge in [-0.05, 0) is 51.8 Å². The number of ether oxygens (including phenoxy) is 2. The fraction of sp³-hybridized carbons (Fsp3) is 0.435. The van der Waals surface area contributed by atoms with E-state index in [9.17, 15) is 4.79 Å². The summed E-state index contributed by atoms with van der Waals surface area (Å²) in [6, 6.07) is 13.6. The molecule has 1 unspecified atom stereocenters. The molecule has 0 bridgehead atoms. The van der Waals surface area contributed by atoms with Gasteiger partial charge in [-0.3, -0.25) is 0 Å². The summed E-state index contributed by atoms with van der Waals surface area (Å²) in [5, 5.41) is 5.89. The molecule has 2 rings (SSSR count). The van der Waals surface area contributed by atoms with Crippen LogP contribution in [0.3, 0.4) is 0 Å². The summed E-state index contributed by atoms with van der Waals surface area (Å²) in [7, 11) is 1.64. The SMILES string of the molecule is COc1ccc(C)cc1C(C)NC(=O)NCc1cccc(COC(C)(C)C)c1. The number of benzene rings is 2. The summed E-state index contributed by atoms with van der Waals surface area (Å²) in [6.45, 7) is 11.1. The highest BCUT2D eigenvalue weighted by atomic mass is 16.5. The van der Waals surface area contributed by atoms with Crippen LogP contribution in [0.15, 0.2) is 42.5 Å². The third kappa shape index (κ3) is 6.89. The van der Waals surface area contributed by atoms with E-state index in [1.54, 1.807) is 7.11 Å². The molecule has 152 valence electrons. The van der Waals surface area contributed by atoms with Gasteiger partial charge in [0.15, 0.2) is 0 Å². The zero-order valence-electron chi connectivity index (χ0n) is 17.8. The number of methoxy groups -OCH3 is 1. The average Bonchev–Trinajstić information content (AvgIpc) is 2.64. The lowest BCUT2D eigenvalue weighted by Gasteiger charge is -2.20. The van der Waals surface area contributed by atoms with Gasteiger partial charge in [0, 0.05) is 12.1 Å². The lowest BCUT2D eigenvalue weighted by molar-refractivity contribution is -0.0149. The number of rotatable bonds is 7. The Morgan fingerprint density at radius 1 is 1.11 bits per heavy atom. The minimum absolute atomic E-state index is 0.165. The van der Waals surface area contributed by atoms with Gasteiger partial charge in [-0.25, -0.2) is 4.79 Å². The molecule has 2 N–H and O–H groups in total. The summed E-state index contributed by atoms with van der Waals surface area (Å²) >= 11 is 0. The van der Waals surface area contributed by atoms with Crippen LogP contribution in [0.25, 0.3) is 0 Å². The number of nitrogens with one attached hydrogen (secondary N) is 2. The van der Waals surface area contributed by atoms with Crippen molar-refractivity contribution in [2.24, 2.45) is 0 Å². The van der Waals surface area contributed by atoms with Crippen LogP contribution in [-0.2, 0) is 17.9 Å². The summed E-state index contributed by atoms with van der Waals surface area (Å²) < 4.78 is 11.2. The molecule has 1 atom stereocenters. The first-order valence-corrected chi connectivity index (χ1v) is 9.58. The molecule has 2 aromatic carbocycles. The van der Waals surface area contributed by atoms with Gasteiger partial charge in [0.25, 0.3) is 0 Å². The van der Waals surface area contributed by atoms with Gasteiger partial charge in [-0.15, -0.1) is 0 Å². The van der Waals surface area contributed by atoms with Gasteiger partial charge in [-0.1, -0.05) is 42.0 Å². The van der Waals surface area contributed by atoms with Crippen molar-refractivity contribution in [3.05, 3.63) is 64.7 Å². The van der Waals surface area contributed by atoms with Crippen molar-refractivity contribution in [2.45, 2.75) is 59.4 Å². The summed E-state index contributed by atoms with van der Waals surface area (Å²) in [5.74, 6) is 0.768. The third-order valence-corrected chi connectivity index (χ3v) is 4.32. The second kappa shape index (κ2) is 9.60. The Balaban J connectivity index is 1.91. The fourth-order valence-electron chi connectivity index (χ4n) is 2.83.